The third-order valence-corrected chi connectivity index (χ3v) is 4.60. The van der Waals surface area contributed by atoms with Crippen LogP contribution in [0.5, 0.6) is 0 Å². The molecule has 0 heterocycles. The first-order valence-corrected chi connectivity index (χ1v) is 9.01. The SMILES string of the molecule is CCCCCCCCCCC(O)Cc1c(Cl)cccc1Cl. The van der Waals surface area contributed by atoms with E-state index in [0.29, 0.717) is 16.5 Å². The predicted octanol–water partition coefficient (Wildman–Crippen LogP) is 6.43. The summed E-state index contributed by atoms with van der Waals surface area (Å²) in [6.45, 7) is 2.24. The normalized spacial score (nSPS) is 12.6. The van der Waals surface area contributed by atoms with E-state index in [1.54, 1.807) is 0 Å². The number of rotatable bonds is 11. The van der Waals surface area contributed by atoms with Crippen molar-refractivity contribution < 1.29 is 5.11 Å². The molecule has 0 spiro atoms. The van der Waals surface area contributed by atoms with Crippen molar-refractivity contribution in [3.63, 3.8) is 0 Å². The molecule has 1 N–H and O–H groups in total. The Kier molecular flexibility index (Phi) is 10.2. The summed E-state index contributed by atoms with van der Waals surface area (Å²) in [4.78, 5) is 0. The molecule has 1 atom stereocenters. The van der Waals surface area contributed by atoms with E-state index in [4.69, 9.17) is 23.2 Å². The lowest BCUT2D eigenvalue weighted by Gasteiger charge is -2.13. The quantitative estimate of drug-likeness (QED) is 0.463. The maximum absolute atomic E-state index is 10.1. The van der Waals surface area contributed by atoms with Crippen LogP contribution >= 0.6 is 23.2 Å². The Balaban J connectivity index is 2.13. The molecular formula is C18H28Cl2O. The van der Waals surface area contributed by atoms with Gasteiger partial charge >= 0.3 is 0 Å². The molecule has 1 unspecified atom stereocenters. The fraction of sp³-hybridized carbons (Fsp3) is 0.667. The Bertz CT molecular complexity index is 373. The van der Waals surface area contributed by atoms with Crippen LogP contribution in [0, 0.1) is 0 Å². The zero-order valence-electron chi connectivity index (χ0n) is 13.1. The molecule has 0 aliphatic rings. The summed E-state index contributed by atoms with van der Waals surface area (Å²) in [6, 6.07) is 5.48. The molecule has 0 bridgehead atoms. The van der Waals surface area contributed by atoms with E-state index in [0.717, 1.165) is 18.4 Å². The lowest BCUT2D eigenvalue weighted by atomic mass is 10.0. The van der Waals surface area contributed by atoms with Gasteiger partial charge in [0.1, 0.15) is 0 Å². The predicted molar refractivity (Wildman–Crippen MR) is 93.4 cm³/mol. The van der Waals surface area contributed by atoms with Gasteiger partial charge in [0.25, 0.3) is 0 Å². The first-order valence-electron chi connectivity index (χ1n) is 8.26. The highest BCUT2D eigenvalue weighted by Gasteiger charge is 2.11. The summed E-state index contributed by atoms with van der Waals surface area (Å²) in [6.07, 6.45) is 11.3. The Morgan fingerprint density at radius 1 is 0.905 bits per heavy atom. The van der Waals surface area contributed by atoms with Crippen molar-refractivity contribution in [2.24, 2.45) is 0 Å². The highest BCUT2D eigenvalue weighted by Crippen LogP contribution is 2.26. The van der Waals surface area contributed by atoms with Gasteiger partial charge in [0.05, 0.1) is 6.10 Å². The number of aliphatic hydroxyl groups is 1. The Morgan fingerprint density at radius 3 is 2.00 bits per heavy atom. The van der Waals surface area contributed by atoms with Crippen molar-refractivity contribution in [1.82, 2.24) is 0 Å². The van der Waals surface area contributed by atoms with Crippen molar-refractivity contribution in [2.45, 2.75) is 77.2 Å². The monoisotopic (exact) mass is 330 g/mol. The average molecular weight is 331 g/mol. The van der Waals surface area contributed by atoms with E-state index in [1.165, 1.54) is 44.9 Å². The van der Waals surface area contributed by atoms with E-state index < -0.39 is 0 Å². The highest BCUT2D eigenvalue weighted by molar-refractivity contribution is 6.35. The topological polar surface area (TPSA) is 20.2 Å². The van der Waals surface area contributed by atoms with Gasteiger partial charge in [-0.05, 0) is 24.1 Å². The first kappa shape index (κ1) is 18.8. The summed E-state index contributed by atoms with van der Waals surface area (Å²) in [7, 11) is 0. The van der Waals surface area contributed by atoms with E-state index in [2.05, 4.69) is 6.92 Å². The minimum Gasteiger partial charge on any atom is -0.393 e. The molecule has 0 radical (unpaired) electrons. The van der Waals surface area contributed by atoms with Crippen molar-refractivity contribution in [3.05, 3.63) is 33.8 Å². The third-order valence-electron chi connectivity index (χ3n) is 3.89. The number of hydrogen-bond acceptors (Lipinski definition) is 1. The van der Waals surface area contributed by atoms with E-state index in [9.17, 15) is 5.11 Å². The molecule has 0 saturated carbocycles. The Morgan fingerprint density at radius 2 is 1.43 bits per heavy atom. The average Bonchev–Trinajstić information content (AvgIpc) is 2.46. The molecule has 0 fully saturated rings. The third kappa shape index (κ3) is 8.09. The fourth-order valence-corrected chi connectivity index (χ4v) is 3.13. The van der Waals surface area contributed by atoms with E-state index in [1.807, 2.05) is 18.2 Å². The van der Waals surface area contributed by atoms with Crippen molar-refractivity contribution >= 4 is 23.2 Å². The van der Waals surface area contributed by atoms with Crippen LogP contribution in [-0.4, -0.2) is 11.2 Å². The van der Waals surface area contributed by atoms with Crippen LogP contribution in [-0.2, 0) is 6.42 Å². The van der Waals surface area contributed by atoms with Gasteiger partial charge in [0, 0.05) is 16.5 Å². The summed E-state index contributed by atoms with van der Waals surface area (Å²) in [5.74, 6) is 0. The highest BCUT2D eigenvalue weighted by atomic mass is 35.5. The zero-order chi connectivity index (χ0) is 15.5. The summed E-state index contributed by atoms with van der Waals surface area (Å²) < 4.78 is 0. The Hall–Kier alpha value is -0.240. The second kappa shape index (κ2) is 11.3. The van der Waals surface area contributed by atoms with Crippen LogP contribution in [0.1, 0.15) is 70.3 Å². The standard InChI is InChI=1S/C18H28Cl2O/c1-2-3-4-5-6-7-8-9-11-15(21)14-16-17(19)12-10-13-18(16)20/h10,12-13,15,21H,2-9,11,14H2,1H3. The molecule has 120 valence electrons. The minimum absolute atomic E-state index is 0.345. The molecule has 1 nitrogen and oxygen atoms in total. The lowest BCUT2D eigenvalue weighted by Crippen LogP contribution is -2.11. The van der Waals surface area contributed by atoms with E-state index >= 15 is 0 Å². The molecule has 3 heteroatoms. The van der Waals surface area contributed by atoms with E-state index in [-0.39, 0.29) is 6.10 Å². The summed E-state index contributed by atoms with van der Waals surface area (Å²) in [5, 5.41) is 11.4. The molecule has 21 heavy (non-hydrogen) atoms. The van der Waals surface area contributed by atoms with Gasteiger partial charge in [0.15, 0.2) is 0 Å². The summed E-state index contributed by atoms with van der Waals surface area (Å²) in [5.41, 5.74) is 0.868. The maximum atomic E-state index is 10.1. The van der Waals surface area contributed by atoms with Crippen LogP contribution in [0.3, 0.4) is 0 Å². The van der Waals surface area contributed by atoms with Gasteiger partial charge in [-0.2, -0.15) is 0 Å². The van der Waals surface area contributed by atoms with Gasteiger partial charge in [0.2, 0.25) is 0 Å². The molecular weight excluding hydrogens is 303 g/mol. The van der Waals surface area contributed by atoms with Crippen LogP contribution in [0.15, 0.2) is 18.2 Å². The van der Waals surface area contributed by atoms with Crippen molar-refractivity contribution in [2.75, 3.05) is 0 Å². The molecule has 1 aromatic carbocycles. The molecule has 0 aliphatic carbocycles. The second-order valence-electron chi connectivity index (χ2n) is 5.82. The number of halogens is 2. The smallest absolute Gasteiger partial charge is 0.0581 e. The molecule has 0 saturated heterocycles. The minimum atomic E-state index is -0.345. The van der Waals surface area contributed by atoms with Crippen molar-refractivity contribution in [3.8, 4) is 0 Å². The van der Waals surface area contributed by atoms with Crippen LogP contribution < -0.4 is 0 Å². The molecule has 0 aliphatic heterocycles. The van der Waals surface area contributed by atoms with Gasteiger partial charge in [-0.1, -0.05) is 87.6 Å². The zero-order valence-corrected chi connectivity index (χ0v) is 14.6. The molecule has 1 aromatic rings. The number of benzene rings is 1. The molecule has 1 rings (SSSR count). The number of hydrogen-bond donors (Lipinski definition) is 1. The fourth-order valence-electron chi connectivity index (χ4n) is 2.58. The summed E-state index contributed by atoms with van der Waals surface area (Å²) >= 11 is 12.2. The van der Waals surface area contributed by atoms with Crippen LogP contribution in [0.2, 0.25) is 10.0 Å². The van der Waals surface area contributed by atoms with Gasteiger partial charge < -0.3 is 5.11 Å². The van der Waals surface area contributed by atoms with Gasteiger partial charge in [-0.3, -0.25) is 0 Å². The second-order valence-corrected chi connectivity index (χ2v) is 6.64. The van der Waals surface area contributed by atoms with Gasteiger partial charge in [-0.25, -0.2) is 0 Å². The molecule has 0 aromatic heterocycles. The molecule has 0 amide bonds. The first-order chi connectivity index (χ1) is 10.1. The maximum Gasteiger partial charge on any atom is 0.0581 e. The van der Waals surface area contributed by atoms with Crippen molar-refractivity contribution in [1.29, 1.82) is 0 Å². The van der Waals surface area contributed by atoms with Gasteiger partial charge in [-0.15, -0.1) is 0 Å². The largest absolute Gasteiger partial charge is 0.393 e. The lowest BCUT2D eigenvalue weighted by molar-refractivity contribution is 0.161. The van der Waals surface area contributed by atoms with Crippen LogP contribution in [0.4, 0.5) is 0 Å². The number of aliphatic hydroxyl groups excluding tert-OH is 1. The van der Waals surface area contributed by atoms with Crippen LogP contribution in [0.25, 0.3) is 0 Å². The Labute approximate surface area is 139 Å². The number of unbranched alkanes of at least 4 members (excludes halogenated alkanes) is 7.